The Morgan fingerprint density at radius 2 is 2.20 bits per heavy atom. The van der Waals surface area contributed by atoms with Gasteiger partial charge in [0.15, 0.2) is 4.34 Å². The van der Waals surface area contributed by atoms with Crippen molar-refractivity contribution in [1.82, 2.24) is 10.2 Å². The summed E-state index contributed by atoms with van der Waals surface area (Å²) in [6.45, 7) is 1.99. The topological polar surface area (TPSA) is 51.8 Å². The summed E-state index contributed by atoms with van der Waals surface area (Å²) in [5.41, 5.74) is 8.78. The molecule has 1 heterocycles. The van der Waals surface area contributed by atoms with Crippen molar-refractivity contribution in [2.24, 2.45) is 5.73 Å². The summed E-state index contributed by atoms with van der Waals surface area (Å²) in [7, 11) is 0. The monoisotopic (exact) mass is 237 g/mol. The van der Waals surface area contributed by atoms with Gasteiger partial charge in [0.05, 0.1) is 0 Å². The molecule has 1 aromatic heterocycles. The molecule has 0 spiro atoms. The Labute approximate surface area is 96.7 Å². The second-order valence-corrected chi connectivity index (χ2v) is 5.26. The number of hydrogen-bond acceptors (Lipinski definition) is 5. The van der Waals surface area contributed by atoms with Gasteiger partial charge in [0.1, 0.15) is 5.51 Å². The van der Waals surface area contributed by atoms with Gasteiger partial charge in [-0.2, -0.15) is 0 Å². The summed E-state index contributed by atoms with van der Waals surface area (Å²) < 4.78 is 0.947. The molecule has 0 radical (unpaired) electrons. The Bertz CT molecular complexity index is 426. The average Bonchev–Trinajstić information content (AvgIpc) is 2.71. The van der Waals surface area contributed by atoms with E-state index in [9.17, 15) is 0 Å². The van der Waals surface area contributed by atoms with Crippen LogP contribution < -0.4 is 5.73 Å². The Morgan fingerprint density at radius 1 is 1.40 bits per heavy atom. The minimum absolute atomic E-state index is 0.0432. The molecule has 1 aromatic carbocycles. The fraction of sp³-hybridized carbons (Fsp3) is 0.200. The van der Waals surface area contributed by atoms with E-state index >= 15 is 0 Å². The number of nitrogens with zero attached hydrogens (tertiary/aromatic N) is 2. The van der Waals surface area contributed by atoms with Crippen LogP contribution in [0.5, 0.6) is 0 Å². The normalized spacial score (nSPS) is 12.7. The number of nitrogens with two attached hydrogens (primary N) is 1. The van der Waals surface area contributed by atoms with Crippen LogP contribution in [0.1, 0.15) is 18.5 Å². The molecule has 2 aromatic rings. The molecule has 0 aliphatic heterocycles. The van der Waals surface area contributed by atoms with Crippen molar-refractivity contribution in [3.63, 3.8) is 0 Å². The largest absolute Gasteiger partial charge is 0.324 e. The lowest BCUT2D eigenvalue weighted by molar-refractivity contribution is 0.797. The summed E-state index contributed by atoms with van der Waals surface area (Å²) in [6, 6.07) is 8.17. The lowest BCUT2D eigenvalue weighted by atomic mass is 10.1. The third-order valence-electron chi connectivity index (χ3n) is 1.95. The highest BCUT2D eigenvalue weighted by Crippen LogP contribution is 2.32. The molecule has 0 aliphatic rings. The van der Waals surface area contributed by atoms with E-state index in [0.29, 0.717) is 0 Å². The second kappa shape index (κ2) is 4.74. The van der Waals surface area contributed by atoms with E-state index in [4.69, 9.17) is 5.73 Å². The standard InChI is InChI=1S/C10H11N3S2/c1-7(11)8-4-2-3-5-9(8)15-10-13-12-6-14-10/h2-7H,11H2,1H3. The first-order valence-corrected chi connectivity index (χ1v) is 6.25. The number of rotatable bonds is 3. The number of hydrogen-bond donors (Lipinski definition) is 1. The van der Waals surface area contributed by atoms with Gasteiger partial charge in [-0.25, -0.2) is 0 Å². The van der Waals surface area contributed by atoms with E-state index in [0.717, 1.165) is 14.8 Å². The molecule has 1 atom stereocenters. The third-order valence-corrected chi connectivity index (χ3v) is 3.82. The summed E-state index contributed by atoms with van der Waals surface area (Å²) in [4.78, 5) is 1.16. The van der Waals surface area contributed by atoms with Crippen molar-refractivity contribution in [2.45, 2.75) is 22.2 Å². The molecule has 1 unspecified atom stereocenters. The highest BCUT2D eigenvalue weighted by atomic mass is 32.2. The Hall–Kier alpha value is -0.910. The summed E-state index contributed by atoms with van der Waals surface area (Å²) >= 11 is 3.15. The summed E-state index contributed by atoms with van der Waals surface area (Å²) in [5.74, 6) is 0. The van der Waals surface area contributed by atoms with Crippen molar-refractivity contribution in [2.75, 3.05) is 0 Å². The van der Waals surface area contributed by atoms with Crippen LogP contribution in [0.25, 0.3) is 0 Å². The van der Waals surface area contributed by atoms with Gasteiger partial charge in [0, 0.05) is 10.9 Å². The van der Waals surface area contributed by atoms with Gasteiger partial charge in [0.25, 0.3) is 0 Å². The van der Waals surface area contributed by atoms with E-state index in [1.54, 1.807) is 17.3 Å². The van der Waals surface area contributed by atoms with Crippen LogP contribution in [0.2, 0.25) is 0 Å². The predicted octanol–water partition coefficient (Wildman–Crippen LogP) is 2.71. The smallest absolute Gasteiger partial charge is 0.178 e. The third kappa shape index (κ3) is 2.56. The molecule has 5 heteroatoms. The molecule has 0 saturated heterocycles. The first-order valence-electron chi connectivity index (χ1n) is 4.56. The zero-order chi connectivity index (χ0) is 10.7. The molecule has 0 amide bonds. The number of aromatic nitrogens is 2. The van der Waals surface area contributed by atoms with Crippen molar-refractivity contribution in [3.05, 3.63) is 35.3 Å². The fourth-order valence-corrected chi connectivity index (χ4v) is 2.92. The zero-order valence-electron chi connectivity index (χ0n) is 8.25. The molecule has 15 heavy (non-hydrogen) atoms. The molecular formula is C10H11N3S2. The van der Waals surface area contributed by atoms with E-state index in [1.807, 2.05) is 25.1 Å². The highest BCUT2D eigenvalue weighted by Gasteiger charge is 2.08. The molecule has 0 fully saturated rings. The second-order valence-electron chi connectivity index (χ2n) is 3.13. The maximum absolute atomic E-state index is 5.90. The van der Waals surface area contributed by atoms with E-state index in [2.05, 4.69) is 16.3 Å². The highest BCUT2D eigenvalue weighted by molar-refractivity contribution is 8.01. The molecule has 0 aliphatic carbocycles. The predicted molar refractivity (Wildman–Crippen MR) is 63.1 cm³/mol. The summed E-state index contributed by atoms with van der Waals surface area (Å²) in [6.07, 6.45) is 0. The first kappa shape index (κ1) is 10.6. The SMILES string of the molecule is CC(N)c1ccccc1Sc1nncs1. The first-order chi connectivity index (χ1) is 7.27. The average molecular weight is 237 g/mol. The van der Waals surface area contributed by atoms with Crippen molar-refractivity contribution >= 4 is 23.1 Å². The lowest BCUT2D eigenvalue weighted by Crippen LogP contribution is -2.05. The van der Waals surface area contributed by atoms with Crippen LogP contribution in [0.3, 0.4) is 0 Å². The van der Waals surface area contributed by atoms with Crippen LogP contribution >= 0.6 is 23.1 Å². The quantitative estimate of drug-likeness (QED) is 0.891. The van der Waals surface area contributed by atoms with E-state index < -0.39 is 0 Å². The fourth-order valence-electron chi connectivity index (χ4n) is 1.25. The molecule has 0 bridgehead atoms. The van der Waals surface area contributed by atoms with E-state index in [-0.39, 0.29) is 6.04 Å². The van der Waals surface area contributed by atoms with E-state index in [1.165, 1.54) is 11.3 Å². The Balaban J connectivity index is 2.28. The van der Waals surface area contributed by atoms with Crippen molar-refractivity contribution < 1.29 is 0 Å². The van der Waals surface area contributed by atoms with Crippen LogP contribution in [0.4, 0.5) is 0 Å². The van der Waals surface area contributed by atoms with Gasteiger partial charge in [-0.1, -0.05) is 41.3 Å². The number of benzene rings is 1. The molecule has 78 valence electrons. The molecule has 2 rings (SSSR count). The van der Waals surface area contributed by atoms with Crippen LogP contribution in [0, 0.1) is 0 Å². The zero-order valence-corrected chi connectivity index (χ0v) is 9.89. The maximum atomic E-state index is 5.90. The van der Waals surface area contributed by atoms with Crippen molar-refractivity contribution in [1.29, 1.82) is 0 Å². The minimum atomic E-state index is 0.0432. The van der Waals surface area contributed by atoms with Gasteiger partial charge >= 0.3 is 0 Å². The molecule has 3 nitrogen and oxygen atoms in total. The van der Waals surface area contributed by atoms with Crippen molar-refractivity contribution in [3.8, 4) is 0 Å². The summed E-state index contributed by atoms with van der Waals surface area (Å²) in [5, 5.41) is 7.81. The van der Waals surface area contributed by atoms with Gasteiger partial charge in [-0.15, -0.1) is 10.2 Å². The van der Waals surface area contributed by atoms with Crippen LogP contribution in [-0.4, -0.2) is 10.2 Å². The Kier molecular flexibility index (Phi) is 3.35. The van der Waals surface area contributed by atoms with Gasteiger partial charge in [-0.3, -0.25) is 0 Å². The van der Waals surface area contributed by atoms with Crippen LogP contribution in [-0.2, 0) is 0 Å². The Morgan fingerprint density at radius 3 is 2.87 bits per heavy atom. The molecule has 2 N–H and O–H groups in total. The van der Waals surface area contributed by atoms with Gasteiger partial charge in [0.2, 0.25) is 0 Å². The molecule has 0 saturated carbocycles. The van der Waals surface area contributed by atoms with Gasteiger partial charge in [-0.05, 0) is 18.6 Å². The maximum Gasteiger partial charge on any atom is 0.178 e. The van der Waals surface area contributed by atoms with Gasteiger partial charge < -0.3 is 5.73 Å². The molecular weight excluding hydrogens is 226 g/mol. The minimum Gasteiger partial charge on any atom is -0.324 e. The lowest BCUT2D eigenvalue weighted by Gasteiger charge is -2.10. The van der Waals surface area contributed by atoms with Crippen LogP contribution in [0.15, 0.2) is 39.0 Å².